The molecule has 17 heavy (non-hydrogen) atoms. The molecule has 0 saturated heterocycles. The molecule has 0 aliphatic heterocycles. The fourth-order valence-electron chi connectivity index (χ4n) is 1.84. The van der Waals surface area contributed by atoms with Gasteiger partial charge in [-0.25, -0.2) is 9.97 Å². The van der Waals surface area contributed by atoms with Crippen molar-refractivity contribution in [1.82, 2.24) is 9.97 Å². The smallest absolute Gasteiger partial charge is 0.137 e. The van der Waals surface area contributed by atoms with Crippen LogP contribution in [-0.4, -0.2) is 23.1 Å². The van der Waals surface area contributed by atoms with Crippen LogP contribution in [0.5, 0.6) is 0 Å². The third-order valence-corrected chi connectivity index (χ3v) is 2.79. The second kappa shape index (κ2) is 5.84. The first-order chi connectivity index (χ1) is 7.99. The van der Waals surface area contributed by atoms with Gasteiger partial charge in [0.2, 0.25) is 0 Å². The van der Waals surface area contributed by atoms with E-state index >= 15 is 0 Å². The molecule has 0 aliphatic carbocycles. The lowest BCUT2D eigenvalue weighted by atomic mass is 10.2. The van der Waals surface area contributed by atoms with E-state index in [1.54, 1.807) is 0 Å². The van der Waals surface area contributed by atoms with Gasteiger partial charge in [-0.3, -0.25) is 0 Å². The van der Waals surface area contributed by atoms with E-state index in [9.17, 15) is 0 Å². The molecule has 0 amide bonds. The Bertz CT molecular complexity index is 374. The number of hydrogen-bond donors (Lipinski definition) is 1. The molecule has 2 N–H and O–H groups in total. The van der Waals surface area contributed by atoms with Crippen molar-refractivity contribution in [1.29, 1.82) is 0 Å². The first kappa shape index (κ1) is 13.7. The quantitative estimate of drug-likeness (QED) is 0.853. The van der Waals surface area contributed by atoms with Crippen LogP contribution >= 0.6 is 0 Å². The highest BCUT2D eigenvalue weighted by atomic mass is 15.2. The van der Waals surface area contributed by atoms with Gasteiger partial charge in [0.15, 0.2) is 0 Å². The lowest BCUT2D eigenvalue weighted by molar-refractivity contribution is 0.612. The third kappa shape index (κ3) is 3.32. The van der Waals surface area contributed by atoms with E-state index < -0.39 is 0 Å². The second-order valence-corrected chi connectivity index (χ2v) is 4.76. The Labute approximate surface area is 104 Å². The minimum absolute atomic E-state index is 0.606. The number of hydrogen-bond acceptors (Lipinski definition) is 4. The largest absolute Gasteiger partial charge is 0.383 e. The number of rotatable bonds is 5. The summed E-state index contributed by atoms with van der Waals surface area (Å²) < 4.78 is 0. The zero-order valence-electron chi connectivity index (χ0n) is 11.6. The molecule has 1 aromatic heterocycles. The van der Waals surface area contributed by atoms with Crippen LogP contribution in [0.2, 0.25) is 0 Å². The summed E-state index contributed by atoms with van der Waals surface area (Å²) in [5, 5.41) is 0. The first-order valence-electron chi connectivity index (χ1n) is 6.37. The summed E-state index contributed by atoms with van der Waals surface area (Å²) in [6.45, 7) is 12.5. The van der Waals surface area contributed by atoms with Crippen molar-refractivity contribution in [2.24, 2.45) is 5.92 Å². The van der Waals surface area contributed by atoms with E-state index in [4.69, 9.17) is 5.73 Å². The Morgan fingerprint density at radius 1 is 1.24 bits per heavy atom. The zero-order chi connectivity index (χ0) is 13.0. The number of aromatic nitrogens is 2. The van der Waals surface area contributed by atoms with Crippen molar-refractivity contribution in [3.63, 3.8) is 0 Å². The maximum Gasteiger partial charge on any atom is 0.137 e. The average Bonchev–Trinajstić information content (AvgIpc) is 2.29. The Kier molecular flexibility index (Phi) is 4.73. The van der Waals surface area contributed by atoms with Gasteiger partial charge in [0.05, 0.1) is 0 Å². The minimum atomic E-state index is 0.606. The van der Waals surface area contributed by atoms with E-state index in [0.717, 1.165) is 36.7 Å². The van der Waals surface area contributed by atoms with Crippen LogP contribution < -0.4 is 10.6 Å². The molecule has 1 heterocycles. The van der Waals surface area contributed by atoms with Gasteiger partial charge in [0, 0.05) is 25.1 Å². The summed E-state index contributed by atoms with van der Waals surface area (Å²) in [4.78, 5) is 11.2. The van der Waals surface area contributed by atoms with Gasteiger partial charge in [-0.05, 0) is 19.8 Å². The van der Waals surface area contributed by atoms with Crippen molar-refractivity contribution in [2.45, 2.75) is 41.0 Å². The predicted molar refractivity (Wildman–Crippen MR) is 73.3 cm³/mol. The number of nitrogen functional groups attached to an aromatic ring is 1. The predicted octanol–water partition coefficient (Wildman–Crippen LogP) is 2.41. The molecular formula is C13H24N4. The molecule has 4 nitrogen and oxygen atoms in total. The standard InChI is InChI=1S/C13H24N4/c1-6-11-15-12(14)10(5)13(16-11)17(7-2)8-9(3)4/h9H,6-8H2,1-5H3,(H2,14,15,16). The SMILES string of the molecule is CCc1nc(N)c(C)c(N(CC)CC(C)C)n1. The van der Waals surface area contributed by atoms with E-state index in [-0.39, 0.29) is 0 Å². The summed E-state index contributed by atoms with van der Waals surface area (Å²) in [5.74, 6) is 3.03. The molecule has 1 aromatic rings. The summed E-state index contributed by atoms with van der Waals surface area (Å²) in [5.41, 5.74) is 6.93. The van der Waals surface area contributed by atoms with E-state index in [1.165, 1.54) is 0 Å². The normalized spacial score (nSPS) is 10.9. The summed E-state index contributed by atoms with van der Waals surface area (Å²) in [6, 6.07) is 0. The van der Waals surface area contributed by atoms with Crippen LogP contribution in [0.25, 0.3) is 0 Å². The minimum Gasteiger partial charge on any atom is -0.383 e. The first-order valence-corrected chi connectivity index (χ1v) is 6.37. The van der Waals surface area contributed by atoms with Crippen molar-refractivity contribution in [3.05, 3.63) is 11.4 Å². The Morgan fingerprint density at radius 3 is 2.35 bits per heavy atom. The number of anilines is 2. The lowest BCUT2D eigenvalue weighted by Gasteiger charge is -2.26. The maximum absolute atomic E-state index is 5.94. The Balaban J connectivity index is 3.13. The molecule has 0 atom stereocenters. The summed E-state index contributed by atoms with van der Waals surface area (Å²) >= 11 is 0. The van der Waals surface area contributed by atoms with Gasteiger partial charge in [0.25, 0.3) is 0 Å². The maximum atomic E-state index is 5.94. The third-order valence-electron chi connectivity index (χ3n) is 2.79. The molecule has 0 spiro atoms. The van der Waals surface area contributed by atoms with Crippen LogP contribution in [0.15, 0.2) is 0 Å². The highest BCUT2D eigenvalue weighted by Crippen LogP contribution is 2.22. The monoisotopic (exact) mass is 236 g/mol. The average molecular weight is 236 g/mol. The molecule has 0 aromatic carbocycles. The molecule has 96 valence electrons. The van der Waals surface area contributed by atoms with Crippen LogP contribution in [0.3, 0.4) is 0 Å². The molecule has 1 rings (SSSR count). The number of nitrogens with zero attached hydrogens (tertiary/aromatic N) is 3. The van der Waals surface area contributed by atoms with Crippen molar-refractivity contribution < 1.29 is 0 Å². The summed E-state index contributed by atoms with van der Waals surface area (Å²) in [7, 11) is 0. The van der Waals surface area contributed by atoms with Crippen LogP contribution in [-0.2, 0) is 6.42 Å². The zero-order valence-corrected chi connectivity index (χ0v) is 11.6. The molecule has 0 unspecified atom stereocenters. The van der Waals surface area contributed by atoms with Crippen molar-refractivity contribution in [3.8, 4) is 0 Å². The van der Waals surface area contributed by atoms with Gasteiger partial charge in [-0.15, -0.1) is 0 Å². The van der Waals surface area contributed by atoms with E-state index in [1.807, 2.05) is 13.8 Å². The van der Waals surface area contributed by atoms with Crippen molar-refractivity contribution >= 4 is 11.6 Å². The van der Waals surface area contributed by atoms with Gasteiger partial charge < -0.3 is 10.6 Å². The van der Waals surface area contributed by atoms with Gasteiger partial charge in [-0.2, -0.15) is 0 Å². The fourth-order valence-corrected chi connectivity index (χ4v) is 1.84. The molecule has 0 fully saturated rings. The second-order valence-electron chi connectivity index (χ2n) is 4.76. The molecule has 0 bridgehead atoms. The Morgan fingerprint density at radius 2 is 1.88 bits per heavy atom. The number of nitrogens with two attached hydrogens (primary N) is 1. The van der Waals surface area contributed by atoms with Crippen LogP contribution in [0, 0.1) is 12.8 Å². The molecule has 0 aliphatic rings. The van der Waals surface area contributed by atoms with Crippen molar-refractivity contribution in [2.75, 3.05) is 23.7 Å². The van der Waals surface area contributed by atoms with Crippen LogP contribution in [0.1, 0.15) is 39.1 Å². The van der Waals surface area contributed by atoms with Gasteiger partial charge in [0.1, 0.15) is 17.5 Å². The van der Waals surface area contributed by atoms with Gasteiger partial charge in [-0.1, -0.05) is 20.8 Å². The number of aryl methyl sites for hydroxylation is 1. The summed E-state index contributed by atoms with van der Waals surface area (Å²) in [6.07, 6.45) is 0.816. The van der Waals surface area contributed by atoms with Crippen LogP contribution in [0.4, 0.5) is 11.6 Å². The molecule has 0 radical (unpaired) electrons. The fraction of sp³-hybridized carbons (Fsp3) is 0.692. The molecular weight excluding hydrogens is 212 g/mol. The Hall–Kier alpha value is -1.32. The highest BCUT2D eigenvalue weighted by Gasteiger charge is 2.14. The topological polar surface area (TPSA) is 55.0 Å². The van der Waals surface area contributed by atoms with E-state index in [2.05, 4.69) is 35.6 Å². The van der Waals surface area contributed by atoms with Gasteiger partial charge >= 0.3 is 0 Å². The highest BCUT2D eigenvalue weighted by molar-refractivity contribution is 5.56. The molecule has 4 heteroatoms. The lowest BCUT2D eigenvalue weighted by Crippen LogP contribution is -2.29. The molecule has 0 saturated carbocycles. The van der Waals surface area contributed by atoms with E-state index in [0.29, 0.717) is 11.7 Å².